The van der Waals surface area contributed by atoms with Crippen LogP contribution in [0.15, 0.2) is 34.5 Å². The van der Waals surface area contributed by atoms with E-state index in [9.17, 15) is 0 Å². The highest BCUT2D eigenvalue weighted by Gasteiger charge is 2.15. The molecule has 1 N–H and O–H groups in total. The Morgan fingerprint density at radius 2 is 2.33 bits per heavy atom. The fraction of sp³-hybridized carbons (Fsp3) is 0.143. The summed E-state index contributed by atoms with van der Waals surface area (Å²) in [5.41, 5.74) is 2.45. The SMILES string of the molecule is OC1=CC2=CSCC2=C1. The van der Waals surface area contributed by atoms with E-state index in [0.29, 0.717) is 5.76 Å². The molecule has 9 heavy (non-hydrogen) atoms. The van der Waals surface area contributed by atoms with E-state index in [1.54, 1.807) is 17.8 Å². The molecule has 0 radical (unpaired) electrons. The van der Waals surface area contributed by atoms with Crippen molar-refractivity contribution in [2.75, 3.05) is 5.75 Å². The smallest absolute Gasteiger partial charge is 0.116 e. The van der Waals surface area contributed by atoms with Crippen LogP contribution in [0.2, 0.25) is 0 Å². The molecule has 2 aliphatic rings. The molecule has 0 spiro atoms. The normalized spacial score (nSPS) is 22.9. The Balaban J connectivity index is 2.46. The maximum atomic E-state index is 8.97. The predicted octanol–water partition coefficient (Wildman–Crippen LogP) is 2.00. The van der Waals surface area contributed by atoms with E-state index < -0.39 is 0 Å². The Morgan fingerprint density at radius 3 is 3.11 bits per heavy atom. The largest absolute Gasteiger partial charge is 0.508 e. The maximum absolute atomic E-state index is 8.97. The van der Waals surface area contributed by atoms with Crippen LogP contribution < -0.4 is 0 Å². The standard InChI is InChI=1S/C7H6OS/c8-7-1-5-3-9-4-6(5)2-7/h1-3,8H,4H2. The Kier molecular flexibility index (Phi) is 0.963. The summed E-state index contributed by atoms with van der Waals surface area (Å²) in [6.45, 7) is 0. The van der Waals surface area contributed by atoms with Crippen molar-refractivity contribution in [3.8, 4) is 0 Å². The van der Waals surface area contributed by atoms with Crippen molar-refractivity contribution in [3.05, 3.63) is 34.5 Å². The van der Waals surface area contributed by atoms with Crippen molar-refractivity contribution in [2.24, 2.45) is 0 Å². The highest BCUT2D eigenvalue weighted by atomic mass is 32.2. The predicted molar refractivity (Wildman–Crippen MR) is 39.3 cm³/mol. The van der Waals surface area contributed by atoms with Crippen molar-refractivity contribution >= 4 is 11.8 Å². The van der Waals surface area contributed by atoms with Gasteiger partial charge < -0.3 is 5.11 Å². The van der Waals surface area contributed by atoms with Gasteiger partial charge in [0.2, 0.25) is 0 Å². The number of allylic oxidation sites excluding steroid dienone is 3. The summed E-state index contributed by atoms with van der Waals surface area (Å²) in [5.74, 6) is 1.42. The lowest BCUT2D eigenvalue weighted by atomic mass is 10.2. The summed E-state index contributed by atoms with van der Waals surface area (Å²) < 4.78 is 0. The average molecular weight is 138 g/mol. The third kappa shape index (κ3) is 0.704. The summed E-state index contributed by atoms with van der Waals surface area (Å²) in [6.07, 6.45) is 3.63. The van der Waals surface area contributed by atoms with Gasteiger partial charge >= 0.3 is 0 Å². The maximum Gasteiger partial charge on any atom is 0.116 e. The van der Waals surface area contributed by atoms with Gasteiger partial charge in [-0.3, -0.25) is 0 Å². The number of aliphatic hydroxyl groups excluding tert-OH is 1. The van der Waals surface area contributed by atoms with Crippen LogP contribution in [0.3, 0.4) is 0 Å². The summed E-state index contributed by atoms with van der Waals surface area (Å²) in [6, 6.07) is 0. The van der Waals surface area contributed by atoms with E-state index in [0.717, 1.165) is 5.75 Å². The van der Waals surface area contributed by atoms with Crippen LogP contribution in [0.4, 0.5) is 0 Å². The van der Waals surface area contributed by atoms with E-state index in [1.165, 1.54) is 11.1 Å². The third-order valence-electron chi connectivity index (χ3n) is 1.45. The van der Waals surface area contributed by atoms with Gasteiger partial charge in [-0.05, 0) is 28.7 Å². The Hall–Kier alpha value is -0.630. The first-order valence-electron chi connectivity index (χ1n) is 2.79. The molecule has 1 aliphatic carbocycles. The minimum atomic E-state index is 0.400. The highest BCUT2D eigenvalue weighted by Crippen LogP contribution is 2.33. The summed E-state index contributed by atoms with van der Waals surface area (Å²) in [7, 11) is 0. The van der Waals surface area contributed by atoms with E-state index in [-0.39, 0.29) is 0 Å². The third-order valence-corrected chi connectivity index (χ3v) is 2.34. The molecule has 0 amide bonds. The molecule has 1 aliphatic heterocycles. The van der Waals surface area contributed by atoms with Crippen molar-refractivity contribution in [2.45, 2.75) is 0 Å². The molecular formula is C7H6OS. The molecule has 0 atom stereocenters. The summed E-state index contributed by atoms with van der Waals surface area (Å²) >= 11 is 1.78. The molecule has 2 rings (SSSR count). The van der Waals surface area contributed by atoms with Gasteiger partial charge in [-0.25, -0.2) is 0 Å². The van der Waals surface area contributed by atoms with Crippen LogP contribution in [-0.4, -0.2) is 10.9 Å². The van der Waals surface area contributed by atoms with Gasteiger partial charge in [-0.1, -0.05) is 0 Å². The molecule has 0 bridgehead atoms. The molecule has 0 aromatic rings. The molecule has 0 unspecified atom stereocenters. The Labute approximate surface area is 57.8 Å². The fourth-order valence-electron chi connectivity index (χ4n) is 1.01. The van der Waals surface area contributed by atoms with E-state index in [2.05, 4.69) is 5.41 Å². The number of aliphatic hydroxyl groups is 1. The van der Waals surface area contributed by atoms with Crippen LogP contribution in [0.5, 0.6) is 0 Å². The molecule has 2 heteroatoms. The topological polar surface area (TPSA) is 20.2 Å². The van der Waals surface area contributed by atoms with Crippen molar-refractivity contribution in [1.29, 1.82) is 0 Å². The van der Waals surface area contributed by atoms with Crippen LogP contribution >= 0.6 is 11.8 Å². The van der Waals surface area contributed by atoms with Gasteiger partial charge in [-0.15, -0.1) is 11.8 Å². The highest BCUT2D eigenvalue weighted by molar-refractivity contribution is 8.02. The second-order valence-electron chi connectivity index (χ2n) is 2.12. The molecule has 1 heterocycles. The lowest BCUT2D eigenvalue weighted by molar-refractivity contribution is 0.434. The molecule has 0 aromatic heterocycles. The number of hydrogen-bond donors (Lipinski definition) is 1. The monoisotopic (exact) mass is 138 g/mol. The van der Waals surface area contributed by atoms with Gasteiger partial charge in [0.25, 0.3) is 0 Å². The van der Waals surface area contributed by atoms with Crippen LogP contribution in [0, 0.1) is 0 Å². The van der Waals surface area contributed by atoms with E-state index >= 15 is 0 Å². The Morgan fingerprint density at radius 1 is 1.44 bits per heavy atom. The lowest BCUT2D eigenvalue weighted by Gasteiger charge is -1.86. The number of fused-ring (bicyclic) bond motifs is 1. The molecule has 0 saturated heterocycles. The van der Waals surface area contributed by atoms with Crippen molar-refractivity contribution in [3.63, 3.8) is 0 Å². The molecule has 1 nitrogen and oxygen atoms in total. The van der Waals surface area contributed by atoms with Crippen LogP contribution in [0.1, 0.15) is 0 Å². The first-order valence-corrected chi connectivity index (χ1v) is 3.84. The molecule has 0 saturated carbocycles. The second kappa shape index (κ2) is 1.67. The van der Waals surface area contributed by atoms with Gasteiger partial charge in [0.15, 0.2) is 0 Å². The quantitative estimate of drug-likeness (QED) is 0.552. The first-order chi connectivity index (χ1) is 4.36. The minimum absolute atomic E-state index is 0.400. The zero-order chi connectivity index (χ0) is 6.27. The first kappa shape index (κ1) is 5.18. The lowest BCUT2D eigenvalue weighted by Crippen LogP contribution is -1.75. The fourth-order valence-corrected chi connectivity index (χ4v) is 1.92. The molecular weight excluding hydrogens is 132 g/mol. The number of hydrogen-bond acceptors (Lipinski definition) is 2. The summed E-state index contributed by atoms with van der Waals surface area (Å²) in [4.78, 5) is 0. The van der Waals surface area contributed by atoms with Crippen molar-refractivity contribution < 1.29 is 5.11 Å². The summed E-state index contributed by atoms with van der Waals surface area (Å²) in [5, 5.41) is 11.0. The zero-order valence-electron chi connectivity index (χ0n) is 4.79. The van der Waals surface area contributed by atoms with Crippen molar-refractivity contribution in [1.82, 2.24) is 0 Å². The number of thioether (sulfide) groups is 1. The van der Waals surface area contributed by atoms with E-state index in [4.69, 9.17) is 5.11 Å². The van der Waals surface area contributed by atoms with Gasteiger partial charge in [-0.2, -0.15) is 0 Å². The average Bonchev–Trinajstić information content (AvgIpc) is 2.22. The molecule has 0 aromatic carbocycles. The number of rotatable bonds is 0. The Bertz CT molecular complexity index is 235. The van der Waals surface area contributed by atoms with Crippen LogP contribution in [-0.2, 0) is 0 Å². The van der Waals surface area contributed by atoms with Gasteiger partial charge in [0, 0.05) is 5.75 Å². The van der Waals surface area contributed by atoms with Crippen LogP contribution in [0.25, 0.3) is 0 Å². The van der Waals surface area contributed by atoms with E-state index in [1.807, 2.05) is 6.08 Å². The molecule has 46 valence electrons. The minimum Gasteiger partial charge on any atom is -0.508 e. The second-order valence-corrected chi connectivity index (χ2v) is 2.98. The van der Waals surface area contributed by atoms with Gasteiger partial charge in [0.1, 0.15) is 5.76 Å². The molecule has 0 fully saturated rings. The van der Waals surface area contributed by atoms with Gasteiger partial charge in [0.05, 0.1) is 0 Å². The zero-order valence-corrected chi connectivity index (χ0v) is 5.61.